The van der Waals surface area contributed by atoms with E-state index in [2.05, 4.69) is 5.32 Å². The van der Waals surface area contributed by atoms with E-state index in [0.717, 1.165) is 68.4 Å². The Morgan fingerprint density at radius 2 is 1.73 bits per heavy atom. The zero-order chi connectivity index (χ0) is 14.9. The molecule has 22 heavy (non-hydrogen) atoms. The van der Waals surface area contributed by atoms with E-state index in [1.807, 2.05) is 0 Å². The Balaban J connectivity index is 1.77. The topological polar surface area (TPSA) is 30.5 Å². The molecule has 3 aliphatic rings. The molecule has 0 saturated carbocycles. The highest BCUT2D eigenvalue weighted by atomic mass is 35.5. The second-order valence-corrected chi connectivity index (χ2v) is 7.04. The second-order valence-electron chi connectivity index (χ2n) is 6.66. The van der Waals surface area contributed by atoms with Gasteiger partial charge >= 0.3 is 0 Å². The average molecular weight is 322 g/mol. The average Bonchev–Trinajstić information content (AvgIpc) is 2.59. The van der Waals surface area contributed by atoms with Gasteiger partial charge in [-0.3, -0.25) is 0 Å². The lowest BCUT2D eigenvalue weighted by Gasteiger charge is -2.31. The Morgan fingerprint density at radius 1 is 0.955 bits per heavy atom. The highest BCUT2D eigenvalue weighted by Crippen LogP contribution is 2.46. The summed E-state index contributed by atoms with van der Waals surface area (Å²) in [6.45, 7) is 2.74. The van der Waals surface area contributed by atoms with Crippen LogP contribution in [0.5, 0.6) is 11.5 Å². The van der Waals surface area contributed by atoms with E-state index in [-0.39, 0.29) is 0 Å². The molecule has 0 aromatic heterocycles. The van der Waals surface area contributed by atoms with Gasteiger partial charge < -0.3 is 14.8 Å². The fraction of sp³-hybridized carbons (Fsp3) is 0.667. The lowest BCUT2D eigenvalue weighted by atomic mass is 9.88. The number of nitrogens with one attached hydrogen (secondary N) is 1. The number of piperidine rings is 1. The summed E-state index contributed by atoms with van der Waals surface area (Å²) >= 11 is 6.64. The fourth-order valence-corrected chi connectivity index (χ4v) is 4.39. The summed E-state index contributed by atoms with van der Waals surface area (Å²) in [6.07, 6.45) is 9.13. The maximum atomic E-state index is 6.64. The molecule has 1 aromatic rings. The summed E-state index contributed by atoms with van der Waals surface area (Å²) in [7, 11) is 0. The number of fused-ring (bicyclic) bond motifs is 2. The van der Waals surface area contributed by atoms with Crippen LogP contribution in [0.15, 0.2) is 0 Å². The van der Waals surface area contributed by atoms with Crippen molar-refractivity contribution in [3.8, 4) is 11.5 Å². The van der Waals surface area contributed by atoms with Gasteiger partial charge in [0, 0.05) is 22.7 Å². The molecule has 1 unspecified atom stereocenters. The summed E-state index contributed by atoms with van der Waals surface area (Å²) < 4.78 is 12.0. The van der Waals surface area contributed by atoms with Crippen molar-refractivity contribution in [3.05, 3.63) is 21.7 Å². The van der Waals surface area contributed by atoms with Gasteiger partial charge in [-0.2, -0.15) is 0 Å². The van der Waals surface area contributed by atoms with Gasteiger partial charge in [0.2, 0.25) is 0 Å². The highest BCUT2D eigenvalue weighted by Gasteiger charge is 2.29. The Hall–Kier alpha value is -0.930. The van der Waals surface area contributed by atoms with Gasteiger partial charge in [-0.05, 0) is 51.5 Å². The maximum absolute atomic E-state index is 6.64. The van der Waals surface area contributed by atoms with E-state index in [1.165, 1.54) is 36.0 Å². The van der Waals surface area contributed by atoms with E-state index in [4.69, 9.17) is 21.1 Å². The van der Waals surface area contributed by atoms with Gasteiger partial charge in [-0.15, -0.1) is 0 Å². The van der Waals surface area contributed by atoms with Gasteiger partial charge in [-0.1, -0.05) is 18.0 Å². The largest absolute Gasteiger partial charge is 0.493 e. The van der Waals surface area contributed by atoms with Crippen LogP contribution in [0.25, 0.3) is 0 Å². The van der Waals surface area contributed by atoms with Gasteiger partial charge in [0.05, 0.1) is 18.2 Å². The van der Waals surface area contributed by atoms with E-state index >= 15 is 0 Å². The van der Waals surface area contributed by atoms with Crippen molar-refractivity contribution in [3.63, 3.8) is 0 Å². The minimum absolute atomic E-state index is 0.565. The highest BCUT2D eigenvalue weighted by molar-refractivity contribution is 6.33. The lowest BCUT2D eigenvalue weighted by Crippen LogP contribution is -2.36. The van der Waals surface area contributed by atoms with Crippen molar-refractivity contribution in [1.82, 2.24) is 5.32 Å². The smallest absolute Gasteiger partial charge is 0.141 e. The number of hydrogen-bond acceptors (Lipinski definition) is 3. The molecule has 1 aromatic carbocycles. The minimum atomic E-state index is 0.565. The summed E-state index contributed by atoms with van der Waals surface area (Å²) in [5, 5.41) is 4.48. The van der Waals surface area contributed by atoms with Crippen LogP contribution in [0.3, 0.4) is 0 Å². The normalized spacial score (nSPS) is 24.0. The van der Waals surface area contributed by atoms with E-state index in [9.17, 15) is 0 Å². The third-order valence-corrected chi connectivity index (χ3v) is 5.55. The molecular formula is C18H24ClNO2. The summed E-state index contributed by atoms with van der Waals surface area (Å²) in [5.74, 6) is 2.02. The first kappa shape index (κ1) is 14.6. The third kappa shape index (κ3) is 2.59. The van der Waals surface area contributed by atoms with Crippen molar-refractivity contribution in [2.75, 3.05) is 19.8 Å². The molecule has 0 spiro atoms. The SMILES string of the molecule is Clc1c2c(c(CC3CCCCN3)c3c1OCCC3)OCCC2. The lowest BCUT2D eigenvalue weighted by molar-refractivity contribution is 0.267. The minimum Gasteiger partial charge on any atom is -0.493 e. The molecule has 1 atom stereocenters. The molecule has 1 N–H and O–H groups in total. The second kappa shape index (κ2) is 6.29. The van der Waals surface area contributed by atoms with Crippen molar-refractivity contribution in [2.24, 2.45) is 0 Å². The van der Waals surface area contributed by atoms with Crippen LogP contribution < -0.4 is 14.8 Å². The predicted molar refractivity (Wildman–Crippen MR) is 88.4 cm³/mol. The van der Waals surface area contributed by atoms with Crippen molar-refractivity contribution in [2.45, 2.75) is 57.4 Å². The molecule has 4 heteroatoms. The van der Waals surface area contributed by atoms with Crippen LogP contribution in [0, 0.1) is 0 Å². The molecule has 0 amide bonds. The standard InChI is InChI=1S/C18H24ClNO2/c19-16-14-7-4-9-21-17(14)15(11-12-5-1-2-8-20-12)13-6-3-10-22-18(13)16/h12,20H,1-11H2. The third-order valence-electron chi connectivity index (χ3n) is 5.15. The zero-order valence-electron chi connectivity index (χ0n) is 13.0. The summed E-state index contributed by atoms with van der Waals surface area (Å²) in [4.78, 5) is 0. The number of rotatable bonds is 2. The number of ether oxygens (including phenoxy) is 2. The van der Waals surface area contributed by atoms with Gasteiger partial charge in [0.25, 0.3) is 0 Å². The Morgan fingerprint density at radius 3 is 2.50 bits per heavy atom. The Labute approximate surface area is 137 Å². The van der Waals surface area contributed by atoms with Gasteiger partial charge in [0.15, 0.2) is 0 Å². The maximum Gasteiger partial charge on any atom is 0.141 e. The van der Waals surface area contributed by atoms with Crippen molar-refractivity contribution in [1.29, 1.82) is 0 Å². The Bertz CT molecular complexity index is 530. The van der Waals surface area contributed by atoms with Crippen LogP contribution >= 0.6 is 11.6 Å². The molecule has 1 fully saturated rings. The van der Waals surface area contributed by atoms with Crippen molar-refractivity contribution >= 4 is 11.6 Å². The van der Waals surface area contributed by atoms with E-state index < -0.39 is 0 Å². The van der Waals surface area contributed by atoms with Crippen LogP contribution in [0.1, 0.15) is 48.8 Å². The Kier molecular flexibility index (Phi) is 4.19. The number of benzene rings is 1. The van der Waals surface area contributed by atoms with Crippen LogP contribution in [-0.2, 0) is 19.3 Å². The molecule has 3 heterocycles. The molecular weight excluding hydrogens is 298 g/mol. The van der Waals surface area contributed by atoms with Crippen LogP contribution in [0.4, 0.5) is 0 Å². The van der Waals surface area contributed by atoms with Crippen LogP contribution in [0.2, 0.25) is 5.02 Å². The fourth-order valence-electron chi connectivity index (χ4n) is 4.04. The first-order valence-electron chi connectivity index (χ1n) is 8.69. The van der Waals surface area contributed by atoms with Gasteiger partial charge in [0.1, 0.15) is 11.5 Å². The molecule has 0 aliphatic carbocycles. The molecule has 4 rings (SSSR count). The van der Waals surface area contributed by atoms with E-state index in [1.54, 1.807) is 0 Å². The molecule has 3 nitrogen and oxygen atoms in total. The molecule has 0 radical (unpaired) electrons. The van der Waals surface area contributed by atoms with E-state index in [0.29, 0.717) is 6.04 Å². The summed E-state index contributed by atoms with van der Waals surface area (Å²) in [6, 6.07) is 0.565. The zero-order valence-corrected chi connectivity index (χ0v) is 13.8. The molecule has 1 saturated heterocycles. The monoisotopic (exact) mass is 321 g/mol. The quantitative estimate of drug-likeness (QED) is 0.901. The molecule has 3 aliphatic heterocycles. The van der Waals surface area contributed by atoms with Crippen molar-refractivity contribution < 1.29 is 9.47 Å². The van der Waals surface area contributed by atoms with Crippen LogP contribution in [-0.4, -0.2) is 25.8 Å². The first-order chi connectivity index (χ1) is 10.8. The number of hydrogen-bond donors (Lipinski definition) is 1. The first-order valence-corrected chi connectivity index (χ1v) is 9.07. The molecule has 120 valence electrons. The predicted octanol–water partition coefficient (Wildman–Crippen LogP) is 3.67. The van der Waals surface area contributed by atoms with Gasteiger partial charge in [-0.25, -0.2) is 0 Å². The molecule has 0 bridgehead atoms. The summed E-state index contributed by atoms with van der Waals surface area (Å²) in [5.41, 5.74) is 3.86. The number of halogens is 1.